The van der Waals surface area contributed by atoms with Crippen molar-refractivity contribution in [1.82, 2.24) is 0 Å². The molecule has 1 rings (SSSR count). The lowest BCUT2D eigenvalue weighted by molar-refractivity contribution is -0.205. The summed E-state index contributed by atoms with van der Waals surface area (Å²) >= 11 is 0. The Hall–Kier alpha value is -1.78. The van der Waals surface area contributed by atoms with E-state index in [4.69, 9.17) is 0 Å². The molecule has 2 nitrogen and oxygen atoms in total. The topological polar surface area (TPSA) is 26.3 Å². The van der Waals surface area contributed by atoms with Crippen LogP contribution in [0, 0.1) is 0 Å². The smallest absolute Gasteiger partial charge is 0.425 e. The average molecular weight is 286 g/mol. The van der Waals surface area contributed by atoms with E-state index < -0.39 is 18.2 Å². The largest absolute Gasteiger partial charge is 0.449 e. The van der Waals surface area contributed by atoms with Crippen LogP contribution >= 0.6 is 0 Å². The third-order valence-corrected chi connectivity index (χ3v) is 2.61. The van der Waals surface area contributed by atoms with Crippen LogP contribution in [0.5, 0.6) is 0 Å². The minimum absolute atomic E-state index is 0.115. The van der Waals surface area contributed by atoms with Gasteiger partial charge >= 0.3 is 12.1 Å². The Balaban J connectivity index is 2.70. The lowest BCUT2D eigenvalue weighted by atomic mass is 10.1. The van der Waals surface area contributed by atoms with Crippen LogP contribution < -0.4 is 0 Å². The zero-order valence-electron chi connectivity index (χ0n) is 11.4. The maximum atomic E-state index is 12.8. The third kappa shape index (κ3) is 5.47. The number of benzene rings is 1. The number of halogens is 3. The van der Waals surface area contributed by atoms with Crippen LogP contribution in [0.4, 0.5) is 13.2 Å². The number of ether oxygens (including phenoxy) is 1. The molecule has 0 aromatic heterocycles. The van der Waals surface area contributed by atoms with E-state index >= 15 is 0 Å². The molecule has 1 aromatic carbocycles. The molecule has 0 aliphatic rings. The van der Waals surface area contributed by atoms with Gasteiger partial charge in [0, 0.05) is 0 Å². The summed E-state index contributed by atoms with van der Waals surface area (Å²) in [6.07, 6.45) is -5.00. The molecular formula is C15H17F3O2. The van der Waals surface area contributed by atoms with Crippen molar-refractivity contribution in [2.24, 2.45) is 0 Å². The Morgan fingerprint density at radius 3 is 2.35 bits per heavy atom. The number of hydrogen-bond donors (Lipinski definition) is 0. The highest BCUT2D eigenvalue weighted by molar-refractivity contribution is 5.89. The SMILES string of the molecule is CC(C)=CCCC(OC(=O)c1ccccc1)C(F)(F)F. The molecule has 0 heterocycles. The van der Waals surface area contributed by atoms with E-state index in [9.17, 15) is 18.0 Å². The Labute approximate surface area is 116 Å². The van der Waals surface area contributed by atoms with Crippen LogP contribution in [0.2, 0.25) is 0 Å². The van der Waals surface area contributed by atoms with Crippen molar-refractivity contribution in [3.05, 3.63) is 47.5 Å². The zero-order chi connectivity index (χ0) is 15.2. The lowest BCUT2D eigenvalue weighted by Crippen LogP contribution is -2.33. The average Bonchev–Trinajstić information content (AvgIpc) is 2.37. The number of carbonyl (C=O) groups is 1. The van der Waals surface area contributed by atoms with Crippen LogP contribution in [0.15, 0.2) is 42.0 Å². The summed E-state index contributed by atoms with van der Waals surface area (Å²) in [7, 11) is 0. The number of alkyl halides is 3. The monoisotopic (exact) mass is 286 g/mol. The highest BCUT2D eigenvalue weighted by Crippen LogP contribution is 2.27. The molecule has 0 spiro atoms. The Bertz CT molecular complexity index is 460. The summed E-state index contributed by atoms with van der Waals surface area (Å²) in [5.41, 5.74) is 1.05. The quantitative estimate of drug-likeness (QED) is 0.587. The van der Waals surface area contributed by atoms with Gasteiger partial charge in [-0.05, 0) is 38.8 Å². The van der Waals surface area contributed by atoms with E-state index in [1.165, 1.54) is 12.1 Å². The predicted octanol–water partition coefficient (Wildman–Crippen LogP) is 4.52. The fourth-order valence-corrected chi connectivity index (χ4v) is 1.58. The van der Waals surface area contributed by atoms with E-state index in [1.54, 1.807) is 38.1 Å². The number of allylic oxidation sites excluding steroid dienone is 2. The van der Waals surface area contributed by atoms with Gasteiger partial charge in [-0.25, -0.2) is 4.79 Å². The van der Waals surface area contributed by atoms with Crippen molar-refractivity contribution in [2.75, 3.05) is 0 Å². The lowest BCUT2D eigenvalue weighted by Gasteiger charge is -2.20. The molecule has 20 heavy (non-hydrogen) atoms. The molecule has 0 bridgehead atoms. The second-order valence-corrected chi connectivity index (χ2v) is 4.66. The molecule has 0 N–H and O–H groups in total. The van der Waals surface area contributed by atoms with Crippen LogP contribution in [0.25, 0.3) is 0 Å². The molecule has 5 heteroatoms. The summed E-state index contributed by atoms with van der Waals surface area (Å²) in [4.78, 5) is 11.7. The Kier molecular flexibility index (Phi) is 5.80. The number of hydrogen-bond acceptors (Lipinski definition) is 2. The maximum absolute atomic E-state index is 12.8. The van der Waals surface area contributed by atoms with Gasteiger partial charge in [0.1, 0.15) is 0 Å². The molecule has 0 aliphatic carbocycles. The van der Waals surface area contributed by atoms with Crippen molar-refractivity contribution in [3.8, 4) is 0 Å². The molecule has 0 amide bonds. The first kappa shape index (κ1) is 16.3. The molecule has 0 saturated heterocycles. The van der Waals surface area contributed by atoms with Crippen LogP contribution in [-0.2, 0) is 4.74 Å². The van der Waals surface area contributed by atoms with Gasteiger partial charge in [0.25, 0.3) is 0 Å². The molecule has 0 radical (unpaired) electrons. The van der Waals surface area contributed by atoms with E-state index in [0.717, 1.165) is 5.57 Å². The van der Waals surface area contributed by atoms with Crippen molar-refractivity contribution in [3.63, 3.8) is 0 Å². The molecule has 0 aliphatic heterocycles. The first-order chi connectivity index (χ1) is 9.30. The van der Waals surface area contributed by atoms with Crippen LogP contribution in [-0.4, -0.2) is 18.2 Å². The zero-order valence-corrected chi connectivity index (χ0v) is 11.4. The van der Waals surface area contributed by atoms with E-state index in [-0.39, 0.29) is 18.4 Å². The highest BCUT2D eigenvalue weighted by Gasteiger charge is 2.42. The minimum atomic E-state index is -4.56. The predicted molar refractivity (Wildman–Crippen MR) is 70.4 cm³/mol. The van der Waals surface area contributed by atoms with Gasteiger partial charge in [-0.1, -0.05) is 29.8 Å². The van der Waals surface area contributed by atoms with Gasteiger partial charge in [-0.15, -0.1) is 0 Å². The first-order valence-corrected chi connectivity index (χ1v) is 6.27. The summed E-state index contributed by atoms with van der Waals surface area (Å²) < 4.78 is 43.1. The summed E-state index contributed by atoms with van der Waals surface area (Å²) in [6.45, 7) is 3.61. The number of rotatable bonds is 5. The first-order valence-electron chi connectivity index (χ1n) is 6.27. The van der Waals surface area contributed by atoms with Gasteiger partial charge in [-0.2, -0.15) is 13.2 Å². The molecule has 0 saturated carbocycles. The molecule has 0 fully saturated rings. The van der Waals surface area contributed by atoms with Crippen LogP contribution in [0.1, 0.15) is 37.0 Å². The van der Waals surface area contributed by atoms with Gasteiger partial charge in [0.2, 0.25) is 0 Å². The second kappa shape index (κ2) is 7.12. The van der Waals surface area contributed by atoms with E-state index in [0.29, 0.717) is 0 Å². The van der Waals surface area contributed by atoms with Crippen molar-refractivity contribution in [1.29, 1.82) is 0 Å². The highest BCUT2D eigenvalue weighted by atomic mass is 19.4. The molecule has 1 unspecified atom stereocenters. The fraction of sp³-hybridized carbons (Fsp3) is 0.400. The Morgan fingerprint density at radius 1 is 1.25 bits per heavy atom. The van der Waals surface area contributed by atoms with Gasteiger partial charge < -0.3 is 4.74 Å². The fourth-order valence-electron chi connectivity index (χ4n) is 1.58. The minimum Gasteiger partial charge on any atom is -0.449 e. The molecule has 110 valence electrons. The van der Waals surface area contributed by atoms with E-state index in [2.05, 4.69) is 4.74 Å². The number of carbonyl (C=O) groups excluding carboxylic acids is 1. The second-order valence-electron chi connectivity index (χ2n) is 4.66. The Morgan fingerprint density at radius 2 is 1.85 bits per heavy atom. The molecule has 1 atom stereocenters. The van der Waals surface area contributed by atoms with Crippen molar-refractivity contribution < 1.29 is 22.7 Å². The maximum Gasteiger partial charge on any atom is 0.425 e. The van der Waals surface area contributed by atoms with E-state index in [1.807, 2.05) is 0 Å². The normalized spacial score (nSPS) is 12.7. The third-order valence-electron chi connectivity index (χ3n) is 2.61. The summed E-state index contributed by atoms with van der Waals surface area (Å²) in [5.74, 6) is -0.954. The van der Waals surface area contributed by atoms with Crippen molar-refractivity contribution in [2.45, 2.75) is 39.0 Å². The van der Waals surface area contributed by atoms with Crippen LogP contribution in [0.3, 0.4) is 0 Å². The molecule has 1 aromatic rings. The standard InChI is InChI=1S/C15H17F3O2/c1-11(2)7-6-10-13(15(16,17)18)20-14(19)12-8-4-3-5-9-12/h3-5,7-9,13H,6,10H2,1-2H3. The van der Waals surface area contributed by atoms with Gasteiger partial charge in [-0.3, -0.25) is 0 Å². The van der Waals surface area contributed by atoms with Crippen molar-refractivity contribution >= 4 is 5.97 Å². The summed E-state index contributed by atoms with van der Waals surface area (Å²) in [5, 5.41) is 0. The van der Waals surface area contributed by atoms with Gasteiger partial charge in [0.05, 0.1) is 5.56 Å². The number of esters is 1. The summed E-state index contributed by atoms with van der Waals surface area (Å²) in [6, 6.07) is 7.66. The van der Waals surface area contributed by atoms with Gasteiger partial charge in [0.15, 0.2) is 6.10 Å². The molecular weight excluding hydrogens is 269 g/mol.